The van der Waals surface area contributed by atoms with Gasteiger partial charge in [0.2, 0.25) is 11.6 Å². The molecule has 10 nitrogen and oxygen atoms in total. The van der Waals surface area contributed by atoms with E-state index in [9.17, 15) is 9.59 Å². The Bertz CT molecular complexity index is 634. The van der Waals surface area contributed by atoms with Crippen LogP contribution in [0, 0.1) is 0 Å². The highest BCUT2D eigenvalue weighted by Gasteiger charge is 2.08. The van der Waals surface area contributed by atoms with Gasteiger partial charge < -0.3 is 22.1 Å². The van der Waals surface area contributed by atoms with Crippen molar-refractivity contribution < 1.29 is 21.2 Å². The minimum absolute atomic E-state index is 0.0161. The molecule has 23 heavy (non-hydrogen) atoms. The molecule has 0 radical (unpaired) electrons. The van der Waals surface area contributed by atoms with Crippen LogP contribution in [-0.2, 0) is 0 Å². The molecule has 0 aliphatic rings. The first-order chi connectivity index (χ1) is 11.2. The molecule has 0 unspecified atom stereocenters. The molecule has 0 saturated carbocycles. The van der Waals surface area contributed by atoms with Gasteiger partial charge in [0.05, 0.1) is 0 Å². The Morgan fingerprint density at radius 3 is 1.61 bits per heavy atom. The number of nitrogen functional groups attached to an aromatic ring is 1. The Balaban J connectivity index is 0.000000400. The van der Waals surface area contributed by atoms with Gasteiger partial charge in [0, 0.05) is 12.1 Å². The van der Waals surface area contributed by atoms with E-state index < -0.39 is 23.6 Å². The Morgan fingerprint density at radius 1 is 0.913 bits per heavy atom. The number of aromatic nitrogens is 4. The van der Waals surface area contributed by atoms with E-state index in [0.717, 1.165) is 0 Å². The van der Waals surface area contributed by atoms with E-state index in [1.807, 2.05) is 0 Å². The van der Waals surface area contributed by atoms with Gasteiger partial charge in [-0.15, -0.1) is 0 Å². The van der Waals surface area contributed by atoms with E-state index in [-0.39, 0.29) is 21.3 Å². The topological polar surface area (TPSA) is 187 Å². The molecular formula is C10H9Cl3N6O4. The Kier molecular flexibility index (Phi) is 7.35. The number of carboxylic acids is 2. The molecule has 13 heteroatoms. The smallest absolute Gasteiger partial charge is 0.374 e. The highest BCUT2D eigenvalue weighted by molar-refractivity contribution is 6.33. The van der Waals surface area contributed by atoms with E-state index in [4.69, 9.17) is 52.2 Å². The second-order valence-corrected chi connectivity index (χ2v) is 4.55. The van der Waals surface area contributed by atoms with Gasteiger partial charge in [-0.2, -0.15) is 0 Å². The standard InChI is InChI=1S/C5H2Cl2N2O2.C5H4ClN3O2.H3N/c2*6-2-1-3(7)9-4(8-2)5(10)11;/h1H,(H,10,11);1H,(H,10,11)(H2,7,8,9);1H3/i/hD. The first-order valence-electron chi connectivity index (χ1n) is 5.73. The lowest BCUT2D eigenvalue weighted by atomic mass is 10.5. The van der Waals surface area contributed by atoms with E-state index in [0.29, 0.717) is 0 Å². The quantitative estimate of drug-likeness (QED) is 0.558. The van der Waals surface area contributed by atoms with Crippen LogP contribution in [0.25, 0.3) is 0 Å². The van der Waals surface area contributed by atoms with Crippen molar-refractivity contribution in [2.24, 2.45) is 0 Å². The molecule has 0 amide bonds. The fraction of sp³-hybridized carbons (Fsp3) is 0. The number of halogens is 3. The SMILES string of the molecule is Nc1cc(Cl)nc(C(=O)O)n1.O=C(O)c1nc(Cl)cc(Cl)n1.[2H]N. The number of hydrogen-bond acceptors (Lipinski definition) is 8. The lowest BCUT2D eigenvalue weighted by Crippen LogP contribution is -2.06. The number of nitrogens with zero attached hydrogens (tertiary/aromatic N) is 4. The van der Waals surface area contributed by atoms with Crippen LogP contribution in [0.15, 0.2) is 12.1 Å². The van der Waals surface area contributed by atoms with Crippen molar-refractivity contribution in [1.29, 1.82) is 0 Å². The molecule has 0 atom stereocenters. The molecule has 0 spiro atoms. The zero-order valence-corrected chi connectivity index (χ0v) is 13.2. The van der Waals surface area contributed by atoms with Crippen molar-refractivity contribution in [2.45, 2.75) is 0 Å². The summed E-state index contributed by atoms with van der Waals surface area (Å²) in [5.74, 6) is -3.26. The van der Waals surface area contributed by atoms with Gasteiger partial charge in [0.1, 0.15) is 22.7 Å². The number of carbonyl (C=O) groups is 2. The van der Waals surface area contributed by atoms with Crippen molar-refractivity contribution in [3.63, 3.8) is 0 Å². The van der Waals surface area contributed by atoms with Crippen molar-refractivity contribution in [3.8, 4) is 0 Å². The average Bonchev–Trinajstić information content (AvgIpc) is 2.48. The van der Waals surface area contributed by atoms with Crippen LogP contribution < -0.4 is 11.9 Å². The van der Waals surface area contributed by atoms with Crippen LogP contribution in [0.4, 0.5) is 5.82 Å². The van der Waals surface area contributed by atoms with E-state index in [1.54, 1.807) is 0 Å². The molecule has 7 N–H and O–H groups in total. The van der Waals surface area contributed by atoms with E-state index >= 15 is 0 Å². The maximum Gasteiger partial charge on any atom is 0.374 e. The average molecular weight is 385 g/mol. The van der Waals surface area contributed by atoms with Gasteiger partial charge >= 0.3 is 11.9 Å². The molecule has 2 heterocycles. The predicted molar refractivity (Wildman–Crippen MR) is 82.4 cm³/mol. The lowest BCUT2D eigenvalue weighted by Gasteiger charge is -1.95. The third kappa shape index (κ3) is 7.02. The van der Waals surface area contributed by atoms with Crippen LogP contribution in [0.1, 0.15) is 21.2 Å². The van der Waals surface area contributed by atoms with Crippen molar-refractivity contribution in [1.82, 2.24) is 26.1 Å². The fourth-order valence-corrected chi connectivity index (χ4v) is 1.63. The van der Waals surface area contributed by atoms with Gasteiger partial charge in [-0.3, -0.25) is 0 Å². The summed E-state index contributed by atoms with van der Waals surface area (Å²) in [6, 6.07) is 2.53. The Morgan fingerprint density at radius 2 is 1.26 bits per heavy atom. The first-order valence-corrected chi connectivity index (χ1v) is 6.29. The molecule has 0 aliphatic heterocycles. The van der Waals surface area contributed by atoms with E-state index in [2.05, 4.69) is 26.1 Å². The molecule has 0 bridgehead atoms. The zero-order chi connectivity index (χ0) is 18.9. The number of hydrogen-bond donors (Lipinski definition) is 4. The molecule has 2 aromatic heterocycles. The van der Waals surface area contributed by atoms with E-state index in [1.165, 1.54) is 12.1 Å². The summed E-state index contributed by atoms with van der Waals surface area (Å²) >= 11 is 16.2. The van der Waals surface area contributed by atoms with Crippen molar-refractivity contribution in [3.05, 3.63) is 39.2 Å². The summed E-state index contributed by atoms with van der Waals surface area (Å²) in [6.45, 7) is 0. The third-order valence-corrected chi connectivity index (χ3v) is 2.34. The summed E-state index contributed by atoms with van der Waals surface area (Å²) in [5, 5.41) is 16.8. The molecule has 0 aliphatic carbocycles. The monoisotopic (exact) mass is 383 g/mol. The Hall–Kier alpha value is -2.27. The molecular weight excluding hydrogens is 375 g/mol. The van der Waals surface area contributed by atoms with Gasteiger partial charge in [-0.25, -0.2) is 29.5 Å². The summed E-state index contributed by atoms with van der Waals surface area (Å²) in [6.07, 6.45) is 3.75. The lowest BCUT2D eigenvalue weighted by molar-refractivity contribution is 0.0673. The maximum absolute atomic E-state index is 10.3. The first kappa shape index (κ1) is 18.8. The fourth-order valence-electron chi connectivity index (χ4n) is 1.02. The van der Waals surface area contributed by atoms with Gasteiger partial charge in [-0.1, -0.05) is 34.8 Å². The minimum Gasteiger partial charge on any atom is -0.475 e. The maximum atomic E-state index is 10.3. The number of carboxylic acid groups (broad SMARTS) is 2. The summed E-state index contributed by atoms with van der Waals surface area (Å²) in [5.41, 5.74) is 5.20. The molecule has 0 fully saturated rings. The zero-order valence-electron chi connectivity index (χ0n) is 11.9. The molecule has 0 saturated heterocycles. The number of anilines is 1. The van der Waals surface area contributed by atoms with Crippen LogP contribution in [0.5, 0.6) is 0 Å². The van der Waals surface area contributed by atoms with Gasteiger partial charge in [0.15, 0.2) is 0 Å². The number of nitrogens with two attached hydrogens (primary N) is 1. The normalized spacial score (nSPS) is 9.48. The summed E-state index contributed by atoms with van der Waals surface area (Å²) < 4.78 is 5.25. The highest BCUT2D eigenvalue weighted by atomic mass is 35.5. The van der Waals surface area contributed by atoms with Gasteiger partial charge in [0.25, 0.3) is 0 Å². The minimum atomic E-state index is -1.26. The van der Waals surface area contributed by atoms with Crippen LogP contribution in [0.2, 0.25) is 16.9 Å². The molecule has 2 rings (SSSR count). The molecule has 0 aromatic carbocycles. The molecule has 124 valence electrons. The summed E-state index contributed by atoms with van der Waals surface area (Å²) in [7, 11) is 0. The van der Waals surface area contributed by atoms with Crippen LogP contribution in [-0.4, -0.2) is 42.1 Å². The second kappa shape index (κ2) is 9.00. The van der Waals surface area contributed by atoms with Crippen LogP contribution >= 0.6 is 34.8 Å². The summed E-state index contributed by atoms with van der Waals surface area (Å²) in [4.78, 5) is 34.2. The predicted octanol–water partition coefficient (Wildman–Crippen LogP) is 2.05. The molecule has 2 aromatic rings. The number of rotatable bonds is 2. The second-order valence-electron chi connectivity index (χ2n) is 3.39. The van der Waals surface area contributed by atoms with Gasteiger partial charge in [-0.05, 0) is 0 Å². The third-order valence-electron chi connectivity index (χ3n) is 1.76. The van der Waals surface area contributed by atoms with Crippen molar-refractivity contribution in [2.75, 3.05) is 5.73 Å². The Labute approximate surface area is 145 Å². The largest absolute Gasteiger partial charge is 0.475 e. The number of aromatic carboxylic acids is 2. The van der Waals surface area contributed by atoms with Crippen LogP contribution in [0.3, 0.4) is 0 Å². The highest BCUT2D eigenvalue weighted by Crippen LogP contribution is 2.11. The van der Waals surface area contributed by atoms with Crippen molar-refractivity contribution >= 4 is 52.6 Å².